The predicted molar refractivity (Wildman–Crippen MR) is 62.3 cm³/mol. The van der Waals surface area contributed by atoms with E-state index in [1.54, 1.807) is 12.3 Å². The zero-order chi connectivity index (χ0) is 12.4. The zero-order valence-corrected chi connectivity index (χ0v) is 9.41. The molecule has 0 radical (unpaired) electrons. The average Bonchev–Trinajstić information content (AvgIpc) is 2.74. The third-order valence-electron chi connectivity index (χ3n) is 2.89. The minimum absolute atomic E-state index is 0.257. The van der Waals surface area contributed by atoms with Crippen LogP contribution < -0.4 is 0 Å². The van der Waals surface area contributed by atoms with Crippen LogP contribution in [0.5, 0.6) is 0 Å². The lowest BCUT2D eigenvalue weighted by Gasteiger charge is -2.23. The molecule has 1 amide bonds. The molecule has 0 fully saturated rings. The Hall–Kier alpha value is -2.10. The van der Waals surface area contributed by atoms with Gasteiger partial charge in [0.15, 0.2) is 0 Å². The van der Waals surface area contributed by atoms with Gasteiger partial charge in [0.1, 0.15) is 6.04 Å². The van der Waals surface area contributed by atoms with E-state index in [4.69, 9.17) is 0 Å². The molecule has 0 saturated heterocycles. The fraction of sp³-hybridized carbons (Fsp3) is 0.231. The standard InChI is InChI=1S/C13H13NO3/c1-9(15)14-8-7-11(12(14)13(16)17)10-5-3-2-4-6-10/h2-8,11-12H,1H3,(H,16,17). The Kier molecular flexibility index (Phi) is 2.95. The van der Waals surface area contributed by atoms with Crippen LogP contribution in [0.1, 0.15) is 18.4 Å². The highest BCUT2D eigenvalue weighted by Crippen LogP contribution is 2.30. The molecule has 2 unspecified atom stereocenters. The Morgan fingerprint density at radius 2 is 1.88 bits per heavy atom. The molecule has 2 rings (SSSR count). The second kappa shape index (κ2) is 4.41. The highest BCUT2D eigenvalue weighted by Gasteiger charge is 2.37. The third-order valence-corrected chi connectivity index (χ3v) is 2.89. The average molecular weight is 231 g/mol. The summed E-state index contributed by atoms with van der Waals surface area (Å²) in [5.74, 6) is -1.52. The maximum absolute atomic E-state index is 11.3. The van der Waals surface area contributed by atoms with Crippen LogP contribution in [0.15, 0.2) is 42.6 Å². The van der Waals surface area contributed by atoms with Crippen molar-refractivity contribution in [3.63, 3.8) is 0 Å². The number of carboxylic acid groups (broad SMARTS) is 1. The minimum Gasteiger partial charge on any atom is -0.480 e. The molecule has 0 aromatic heterocycles. The number of aliphatic carboxylic acids is 1. The summed E-state index contributed by atoms with van der Waals surface area (Å²) < 4.78 is 0. The van der Waals surface area contributed by atoms with Gasteiger partial charge < -0.3 is 10.0 Å². The van der Waals surface area contributed by atoms with Gasteiger partial charge in [0, 0.05) is 19.0 Å². The smallest absolute Gasteiger partial charge is 0.327 e. The molecule has 1 aliphatic rings. The molecular formula is C13H13NO3. The number of rotatable bonds is 2. The summed E-state index contributed by atoms with van der Waals surface area (Å²) in [6.07, 6.45) is 3.31. The SMILES string of the molecule is CC(=O)N1C=CC(c2ccccc2)C1C(=O)O. The molecule has 0 bridgehead atoms. The fourth-order valence-electron chi connectivity index (χ4n) is 2.10. The van der Waals surface area contributed by atoms with Crippen molar-refractivity contribution in [3.8, 4) is 0 Å². The molecule has 1 N–H and O–H groups in total. The molecule has 1 aromatic carbocycles. The summed E-state index contributed by atoms with van der Waals surface area (Å²) in [4.78, 5) is 23.9. The predicted octanol–water partition coefficient (Wildman–Crippen LogP) is 1.60. The molecule has 1 aromatic rings. The summed E-state index contributed by atoms with van der Waals surface area (Å²) in [7, 11) is 0. The van der Waals surface area contributed by atoms with Crippen molar-refractivity contribution in [1.82, 2.24) is 4.90 Å². The van der Waals surface area contributed by atoms with E-state index in [1.165, 1.54) is 11.8 Å². The van der Waals surface area contributed by atoms with Crippen molar-refractivity contribution in [3.05, 3.63) is 48.2 Å². The lowest BCUT2D eigenvalue weighted by Crippen LogP contribution is -2.40. The summed E-state index contributed by atoms with van der Waals surface area (Å²) in [6, 6.07) is 8.50. The largest absolute Gasteiger partial charge is 0.480 e. The van der Waals surface area contributed by atoms with Crippen LogP contribution in [0.2, 0.25) is 0 Å². The molecule has 4 nitrogen and oxygen atoms in total. The summed E-state index contributed by atoms with van der Waals surface area (Å²) >= 11 is 0. The number of carbonyl (C=O) groups excluding carboxylic acids is 1. The van der Waals surface area contributed by atoms with Crippen molar-refractivity contribution >= 4 is 11.9 Å². The molecule has 1 aliphatic heterocycles. The van der Waals surface area contributed by atoms with Crippen molar-refractivity contribution < 1.29 is 14.7 Å². The molecule has 0 spiro atoms. The second-order valence-corrected chi connectivity index (χ2v) is 3.99. The van der Waals surface area contributed by atoms with E-state index in [-0.39, 0.29) is 11.8 Å². The van der Waals surface area contributed by atoms with Gasteiger partial charge in [-0.2, -0.15) is 0 Å². The first kappa shape index (κ1) is 11.4. The van der Waals surface area contributed by atoms with Gasteiger partial charge in [-0.1, -0.05) is 36.4 Å². The Morgan fingerprint density at radius 1 is 1.24 bits per heavy atom. The number of amides is 1. The van der Waals surface area contributed by atoms with Crippen molar-refractivity contribution in [2.45, 2.75) is 18.9 Å². The van der Waals surface area contributed by atoms with Crippen molar-refractivity contribution in [2.75, 3.05) is 0 Å². The van der Waals surface area contributed by atoms with Crippen LogP contribution in [0.3, 0.4) is 0 Å². The first-order valence-electron chi connectivity index (χ1n) is 5.36. The monoisotopic (exact) mass is 231 g/mol. The highest BCUT2D eigenvalue weighted by molar-refractivity contribution is 5.85. The van der Waals surface area contributed by atoms with Crippen LogP contribution >= 0.6 is 0 Å². The second-order valence-electron chi connectivity index (χ2n) is 3.99. The molecule has 88 valence electrons. The molecule has 2 atom stereocenters. The lowest BCUT2D eigenvalue weighted by atomic mass is 9.93. The highest BCUT2D eigenvalue weighted by atomic mass is 16.4. The molecule has 1 heterocycles. The maximum Gasteiger partial charge on any atom is 0.327 e. The topological polar surface area (TPSA) is 57.6 Å². The summed E-state index contributed by atoms with van der Waals surface area (Å²) in [5, 5.41) is 9.23. The van der Waals surface area contributed by atoms with Gasteiger partial charge in [-0.15, -0.1) is 0 Å². The first-order chi connectivity index (χ1) is 8.11. The van der Waals surface area contributed by atoms with Gasteiger partial charge in [-0.05, 0) is 5.56 Å². The molecule has 17 heavy (non-hydrogen) atoms. The van der Waals surface area contributed by atoms with Crippen LogP contribution in [-0.4, -0.2) is 27.9 Å². The molecule has 4 heteroatoms. The van der Waals surface area contributed by atoms with E-state index in [1.807, 2.05) is 30.3 Å². The zero-order valence-electron chi connectivity index (χ0n) is 9.41. The van der Waals surface area contributed by atoms with E-state index < -0.39 is 12.0 Å². The van der Waals surface area contributed by atoms with Crippen LogP contribution in [0, 0.1) is 0 Å². The Balaban J connectivity index is 2.34. The van der Waals surface area contributed by atoms with Crippen molar-refractivity contribution in [2.24, 2.45) is 0 Å². The Labute approximate surface area is 99.2 Å². The van der Waals surface area contributed by atoms with Gasteiger partial charge in [0.2, 0.25) is 5.91 Å². The van der Waals surface area contributed by atoms with Gasteiger partial charge in [0.05, 0.1) is 0 Å². The van der Waals surface area contributed by atoms with Gasteiger partial charge >= 0.3 is 5.97 Å². The quantitative estimate of drug-likeness (QED) is 0.841. The van der Waals surface area contributed by atoms with Crippen LogP contribution in [-0.2, 0) is 9.59 Å². The minimum atomic E-state index is -0.987. The van der Waals surface area contributed by atoms with Gasteiger partial charge in [0.25, 0.3) is 0 Å². The number of nitrogens with zero attached hydrogens (tertiary/aromatic N) is 1. The summed E-state index contributed by atoms with van der Waals surface area (Å²) in [6.45, 7) is 1.37. The molecular weight excluding hydrogens is 218 g/mol. The van der Waals surface area contributed by atoms with E-state index >= 15 is 0 Å². The van der Waals surface area contributed by atoms with Gasteiger partial charge in [-0.3, -0.25) is 4.79 Å². The Morgan fingerprint density at radius 3 is 2.41 bits per heavy atom. The lowest BCUT2D eigenvalue weighted by molar-refractivity contribution is -0.146. The number of hydrogen-bond acceptors (Lipinski definition) is 2. The molecule has 0 saturated carbocycles. The Bertz CT molecular complexity index is 467. The van der Waals surface area contributed by atoms with Crippen LogP contribution in [0.4, 0.5) is 0 Å². The first-order valence-corrected chi connectivity index (χ1v) is 5.36. The van der Waals surface area contributed by atoms with Crippen molar-refractivity contribution in [1.29, 1.82) is 0 Å². The fourth-order valence-corrected chi connectivity index (χ4v) is 2.10. The van der Waals surface area contributed by atoms with Crippen LogP contribution in [0.25, 0.3) is 0 Å². The molecule has 0 aliphatic carbocycles. The normalized spacial score (nSPS) is 22.8. The van der Waals surface area contributed by atoms with E-state index in [9.17, 15) is 14.7 Å². The van der Waals surface area contributed by atoms with E-state index in [2.05, 4.69) is 0 Å². The number of carboxylic acids is 1. The number of carbonyl (C=O) groups is 2. The van der Waals surface area contributed by atoms with E-state index in [0.29, 0.717) is 0 Å². The number of benzene rings is 1. The maximum atomic E-state index is 11.3. The third kappa shape index (κ3) is 2.06. The van der Waals surface area contributed by atoms with Gasteiger partial charge in [-0.25, -0.2) is 4.79 Å². The van der Waals surface area contributed by atoms with E-state index in [0.717, 1.165) is 5.56 Å². The summed E-state index contributed by atoms with van der Waals surface area (Å²) in [5.41, 5.74) is 0.903. The number of hydrogen-bond donors (Lipinski definition) is 1.